The molecule has 10 heteroatoms. The molecule has 2 N–H and O–H groups in total. The Morgan fingerprint density at radius 2 is 1.93 bits per heavy atom. The predicted octanol–water partition coefficient (Wildman–Crippen LogP) is 8.56. The summed E-state index contributed by atoms with van der Waals surface area (Å²) in [5, 5.41) is 13.1. The number of rotatable bonds is 16. The molecule has 1 fully saturated rings. The first kappa shape index (κ1) is 39.1. The van der Waals surface area contributed by atoms with E-state index in [1.807, 2.05) is 65.0 Å². The highest BCUT2D eigenvalue weighted by Crippen LogP contribution is 2.32. The highest BCUT2D eigenvalue weighted by atomic mass is 35.5. The van der Waals surface area contributed by atoms with Crippen LogP contribution < -0.4 is 5.32 Å². The molecule has 2 unspecified atom stereocenters. The first-order chi connectivity index (χ1) is 22.0. The van der Waals surface area contributed by atoms with Crippen LogP contribution in [0, 0.1) is 17.2 Å². The number of urea groups is 1. The van der Waals surface area contributed by atoms with E-state index in [0.29, 0.717) is 17.2 Å². The number of hydrogen-bond acceptors (Lipinski definition) is 4. The van der Waals surface area contributed by atoms with Crippen LogP contribution in [-0.4, -0.2) is 66.3 Å². The van der Waals surface area contributed by atoms with E-state index in [0.717, 1.165) is 78.0 Å². The van der Waals surface area contributed by atoms with E-state index in [1.54, 1.807) is 7.05 Å². The number of allylic oxidation sites excluding steroid dienone is 9. The summed E-state index contributed by atoms with van der Waals surface area (Å²) in [7, 11) is 4.24. The SMILES string of the molecule is C/C=C1/C=C(N/C(=N/C(=O)N(C)CC(=N)C(C)CC)N(C=O)CC(=C\CC)/C=C(Cl)\C(P)=C/C)C(CCC)=C/C1=N/CCC1CC1. The van der Waals surface area contributed by atoms with Crippen LogP contribution in [0.1, 0.15) is 86.5 Å². The van der Waals surface area contributed by atoms with Gasteiger partial charge in [-0.1, -0.05) is 76.8 Å². The third kappa shape index (κ3) is 12.6. The molecule has 2 aliphatic rings. The van der Waals surface area contributed by atoms with Crippen LogP contribution in [-0.2, 0) is 4.79 Å². The van der Waals surface area contributed by atoms with Gasteiger partial charge in [-0.05, 0) is 91.6 Å². The zero-order valence-corrected chi connectivity index (χ0v) is 30.7. The van der Waals surface area contributed by atoms with Gasteiger partial charge in [0, 0.05) is 30.0 Å². The van der Waals surface area contributed by atoms with Crippen molar-refractivity contribution < 1.29 is 9.59 Å². The maximum absolute atomic E-state index is 13.5. The lowest BCUT2D eigenvalue weighted by molar-refractivity contribution is -0.114. The number of amides is 3. The van der Waals surface area contributed by atoms with E-state index in [1.165, 1.54) is 22.6 Å². The lowest BCUT2D eigenvalue weighted by Crippen LogP contribution is -2.43. The molecule has 0 saturated heterocycles. The van der Waals surface area contributed by atoms with Crippen molar-refractivity contribution >= 4 is 50.7 Å². The zero-order chi connectivity index (χ0) is 34.2. The Bertz CT molecular complexity index is 1350. The molecule has 2 rings (SSSR count). The molecule has 0 spiro atoms. The molecular weight excluding hydrogens is 615 g/mol. The van der Waals surface area contributed by atoms with Gasteiger partial charge in [-0.15, -0.1) is 9.24 Å². The summed E-state index contributed by atoms with van der Waals surface area (Å²) in [6.07, 6.45) is 19.5. The Labute approximate surface area is 284 Å². The quantitative estimate of drug-likeness (QED) is 0.0566. The molecule has 0 heterocycles. The van der Waals surface area contributed by atoms with Crippen LogP contribution in [0.2, 0.25) is 0 Å². The van der Waals surface area contributed by atoms with Gasteiger partial charge in [-0.2, -0.15) is 4.99 Å². The van der Waals surface area contributed by atoms with Crippen molar-refractivity contribution in [1.29, 1.82) is 5.41 Å². The average Bonchev–Trinajstić information content (AvgIpc) is 3.87. The molecule has 0 aromatic rings. The lowest BCUT2D eigenvalue weighted by Gasteiger charge is -2.26. The summed E-state index contributed by atoms with van der Waals surface area (Å²) in [5.74, 6) is 0.959. The largest absolute Gasteiger partial charge is 0.346 e. The third-order valence-corrected chi connectivity index (χ3v) is 9.26. The number of halogens is 1. The minimum atomic E-state index is -0.552. The second kappa shape index (κ2) is 20.2. The maximum Gasteiger partial charge on any atom is 0.346 e. The molecule has 2 atom stereocenters. The Hall–Kier alpha value is -3.09. The maximum atomic E-state index is 13.5. The van der Waals surface area contributed by atoms with Gasteiger partial charge in [0.2, 0.25) is 12.4 Å². The average molecular weight is 669 g/mol. The van der Waals surface area contributed by atoms with Crippen molar-refractivity contribution in [2.45, 2.75) is 86.5 Å². The number of hydrogen-bond donors (Lipinski definition) is 2. The second-order valence-corrected chi connectivity index (χ2v) is 12.9. The molecule has 46 heavy (non-hydrogen) atoms. The van der Waals surface area contributed by atoms with E-state index >= 15 is 0 Å². The molecule has 1 saturated carbocycles. The minimum Gasteiger partial charge on any atom is -0.325 e. The van der Waals surface area contributed by atoms with Crippen molar-refractivity contribution in [3.05, 3.63) is 69.2 Å². The van der Waals surface area contributed by atoms with E-state index in [-0.39, 0.29) is 25.0 Å². The summed E-state index contributed by atoms with van der Waals surface area (Å²) in [4.78, 5) is 38.4. The van der Waals surface area contributed by atoms with Gasteiger partial charge in [-0.3, -0.25) is 14.7 Å². The van der Waals surface area contributed by atoms with Crippen molar-refractivity contribution in [1.82, 2.24) is 15.1 Å². The van der Waals surface area contributed by atoms with Gasteiger partial charge < -0.3 is 15.6 Å². The van der Waals surface area contributed by atoms with Gasteiger partial charge >= 0.3 is 6.03 Å². The molecule has 0 bridgehead atoms. The highest BCUT2D eigenvalue weighted by Gasteiger charge is 2.23. The fourth-order valence-electron chi connectivity index (χ4n) is 4.74. The van der Waals surface area contributed by atoms with Gasteiger partial charge in [0.25, 0.3) is 0 Å². The Morgan fingerprint density at radius 1 is 1.22 bits per heavy atom. The van der Waals surface area contributed by atoms with Crippen molar-refractivity contribution in [3.8, 4) is 0 Å². The van der Waals surface area contributed by atoms with Crippen LogP contribution in [0.4, 0.5) is 4.79 Å². The molecule has 0 aromatic heterocycles. The molecular formula is C36H54ClN6O2P. The molecule has 0 aromatic carbocycles. The number of nitrogens with one attached hydrogen (secondary N) is 2. The van der Waals surface area contributed by atoms with Crippen LogP contribution in [0.25, 0.3) is 0 Å². The second-order valence-electron chi connectivity index (χ2n) is 11.9. The number of guanidine groups is 1. The fraction of sp³-hybridized carbons (Fsp3) is 0.528. The smallest absolute Gasteiger partial charge is 0.325 e. The number of nitrogens with zero attached hydrogens (tertiary/aromatic N) is 4. The molecule has 252 valence electrons. The molecule has 0 radical (unpaired) electrons. The van der Waals surface area contributed by atoms with Gasteiger partial charge in [0.05, 0.1) is 18.8 Å². The number of carbonyl (C=O) groups excluding carboxylic acids is 2. The van der Waals surface area contributed by atoms with Crippen LogP contribution in [0.3, 0.4) is 0 Å². The third-order valence-electron chi connectivity index (χ3n) is 8.11. The summed E-state index contributed by atoms with van der Waals surface area (Å²) >= 11 is 6.56. The van der Waals surface area contributed by atoms with Gasteiger partial charge in [0.1, 0.15) is 0 Å². The van der Waals surface area contributed by atoms with E-state index in [2.05, 4.69) is 32.5 Å². The molecule has 2 aliphatic carbocycles. The Kier molecular flexibility index (Phi) is 17.2. The normalized spacial score (nSPS) is 18.7. The van der Waals surface area contributed by atoms with Crippen LogP contribution >= 0.6 is 20.8 Å². The van der Waals surface area contributed by atoms with Gasteiger partial charge in [-0.25, -0.2) is 4.79 Å². The van der Waals surface area contributed by atoms with Crippen molar-refractivity contribution in [2.24, 2.45) is 21.8 Å². The number of aliphatic imine (C=N–C) groups is 2. The fourth-order valence-corrected chi connectivity index (χ4v) is 5.08. The van der Waals surface area contributed by atoms with Crippen LogP contribution in [0.5, 0.6) is 0 Å². The first-order valence-electron chi connectivity index (χ1n) is 16.5. The summed E-state index contributed by atoms with van der Waals surface area (Å²) in [5.41, 5.74) is 4.98. The van der Waals surface area contributed by atoms with Gasteiger partial charge in [0.15, 0.2) is 0 Å². The molecule has 0 aliphatic heterocycles. The summed E-state index contributed by atoms with van der Waals surface area (Å²) in [6, 6.07) is -0.552. The summed E-state index contributed by atoms with van der Waals surface area (Å²) in [6.45, 7) is 13.1. The minimum absolute atomic E-state index is 0.0499. The van der Waals surface area contributed by atoms with Crippen molar-refractivity contribution in [3.63, 3.8) is 0 Å². The highest BCUT2D eigenvalue weighted by molar-refractivity contribution is 7.23. The monoisotopic (exact) mass is 668 g/mol. The lowest BCUT2D eigenvalue weighted by atomic mass is 9.94. The van der Waals surface area contributed by atoms with E-state index in [4.69, 9.17) is 22.0 Å². The summed E-state index contributed by atoms with van der Waals surface area (Å²) < 4.78 is 0. The first-order valence-corrected chi connectivity index (χ1v) is 17.5. The molecule has 3 amide bonds. The number of carbonyl (C=O) groups is 2. The van der Waals surface area contributed by atoms with Crippen molar-refractivity contribution in [2.75, 3.05) is 26.7 Å². The zero-order valence-electron chi connectivity index (χ0n) is 28.8. The Balaban J connectivity index is 2.55. The molecule has 8 nitrogen and oxygen atoms in total. The van der Waals surface area contributed by atoms with E-state index in [9.17, 15) is 9.59 Å². The standard InChI is InChI=1S/C36H54ClN6O2P/c1-8-13-27(19-30(37)34(46)12-5)22-43(24-44)35(41-36(45)42(7)23-31(38)25(6)10-3)40-33-20-28(11-4)32(21-29(33)14-9-2)39-18-17-26-15-16-26/h11-13,19-21,24-26,38H,8-10,14-18,22-23,46H2,1-7H3,(H,40,41,45)/b27-13-,28-11-,30-19+,34-12+,38-31?,39-32-. The predicted molar refractivity (Wildman–Crippen MR) is 199 cm³/mol. The van der Waals surface area contributed by atoms with Crippen LogP contribution in [0.15, 0.2) is 79.2 Å². The topological polar surface area (TPSA) is 101 Å². The van der Waals surface area contributed by atoms with E-state index < -0.39 is 6.03 Å². The Morgan fingerprint density at radius 3 is 2.50 bits per heavy atom.